The molecule has 0 bridgehead atoms. The van der Waals surface area contributed by atoms with E-state index in [2.05, 4.69) is 22.9 Å². The summed E-state index contributed by atoms with van der Waals surface area (Å²) in [6.07, 6.45) is 2.02. The molecule has 3 nitrogen and oxygen atoms in total. The molecule has 0 aromatic heterocycles. The van der Waals surface area contributed by atoms with Crippen LogP contribution in [0.15, 0.2) is 0 Å². The van der Waals surface area contributed by atoms with E-state index in [1.807, 2.05) is 17.0 Å². The Morgan fingerprint density at radius 2 is 2.18 bits per heavy atom. The lowest BCUT2D eigenvalue weighted by Gasteiger charge is -2.11. The number of halogens is 1. The number of carbonyl (C=O) groups excluding carboxylic acids is 1. The van der Waals surface area contributed by atoms with Crippen LogP contribution in [0.1, 0.15) is 26.7 Å². The van der Waals surface area contributed by atoms with Gasteiger partial charge in [0, 0.05) is 29.4 Å². The summed E-state index contributed by atoms with van der Waals surface area (Å²) in [6, 6.07) is -0.00870. The van der Waals surface area contributed by atoms with Crippen molar-refractivity contribution in [2.24, 2.45) is 5.73 Å². The van der Waals surface area contributed by atoms with Gasteiger partial charge in [0.15, 0.2) is 0 Å². The molecule has 1 rings (SSSR count). The molecule has 66 valence electrons. The first-order valence-corrected chi connectivity index (χ1v) is 4.90. The van der Waals surface area contributed by atoms with Gasteiger partial charge in [-0.2, -0.15) is 0 Å². The largest absolute Gasteiger partial charge is 0.368 e. The second kappa shape index (κ2) is 5.77. The molecule has 1 aliphatic heterocycles. The van der Waals surface area contributed by atoms with Crippen LogP contribution in [0.4, 0.5) is 0 Å². The number of primary amides is 1. The van der Waals surface area contributed by atoms with Gasteiger partial charge in [0.2, 0.25) is 5.91 Å². The standard InChI is InChI=1S/C5H9IN2O.C2H6/c6-8-3-1-2-4(8)5(7)9;1-2/h4H,1-3H2,(H2,7,9);1-2H3. The smallest absolute Gasteiger partial charge is 0.235 e. The zero-order valence-electron chi connectivity index (χ0n) is 7.01. The van der Waals surface area contributed by atoms with E-state index in [1.165, 1.54) is 0 Å². The maximum Gasteiger partial charge on any atom is 0.235 e. The third-order valence-electron chi connectivity index (χ3n) is 1.52. The molecule has 0 aromatic carbocycles. The summed E-state index contributed by atoms with van der Waals surface area (Å²) in [5.41, 5.74) is 5.10. The molecular formula is C7H15IN2O. The number of rotatable bonds is 1. The van der Waals surface area contributed by atoms with Crippen molar-refractivity contribution in [2.75, 3.05) is 6.54 Å². The van der Waals surface area contributed by atoms with Gasteiger partial charge in [-0.05, 0) is 12.8 Å². The monoisotopic (exact) mass is 270 g/mol. The van der Waals surface area contributed by atoms with Crippen LogP contribution >= 0.6 is 22.9 Å². The molecule has 1 aliphatic rings. The minimum absolute atomic E-state index is 0.00870. The van der Waals surface area contributed by atoms with Crippen molar-refractivity contribution >= 4 is 28.8 Å². The van der Waals surface area contributed by atoms with Crippen LogP contribution in [-0.2, 0) is 4.79 Å². The van der Waals surface area contributed by atoms with Crippen molar-refractivity contribution in [3.8, 4) is 0 Å². The number of hydrogen-bond donors (Lipinski definition) is 1. The summed E-state index contributed by atoms with van der Waals surface area (Å²) in [5, 5.41) is 0. The van der Waals surface area contributed by atoms with Crippen molar-refractivity contribution < 1.29 is 4.79 Å². The van der Waals surface area contributed by atoms with Gasteiger partial charge in [-0.1, -0.05) is 13.8 Å². The predicted molar refractivity (Wildman–Crippen MR) is 54.3 cm³/mol. The summed E-state index contributed by atoms with van der Waals surface area (Å²) in [4.78, 5) is 10.6. The minimum atomic E-state index is -0.193. The average Bonchev–Trinajstić information content (AvgIpc) is 2.39. The van der Waals surface area contributed by atoms with Crippen LogP contribution in [0, 0.1) is 0 Å². The van der Waals surface area contributed by atoms with Crippen LogP contribution in [0.25, 0.3) is 0 Å². The van der Waals surface area contributed by atoms with Crippen molar-refractivity contribution in [3.63, 3.8) is 0 Å². The normalized spacial score (nSPS) is 24.1. The molecule has 2 N–H and O–H groups in total. The fraction of sp³-hybridized carbons (Fsp3) is 0.857. The fourth-order valence-corrected chi connectivity index (χ4v) is 1.91. The van der Waals surface area contributed by atoms with Crippen LogP contribution in [0.5, 0.6) is 0 Å². The van der Waals surface area contributed by atoms with E-state index in [0.29, 0.717) is 0 Å². The highest BCUT2D eigenvalue weighted by molar-refractivity contribution is 14.1. The summed E-state index contributed by atoms with van der Waals surface area (Å²) >= 11 is 2.14. The molecule has 0 spiro atoms. The summed E-state index contributed by atoms with van der Waals surface area (Å²) in [6.45, 7) is 4.99. The lowest BCUT2D eigenvalue weighted by Crippen LogP contribution is -2.34. The molecule has 1 saturated heterocycles. The van der Waals surface area contributed by atoms with E-state index in [4.69, 9.17) is 5.73 Å². The van der Waals surface area contributed by atoms with Crippen LogP contribution in [-0.4, -0.2) is 21.6 Å². The van der Waals surface area contributed by atoms with Crippen molar-refractivity contribution in [2.45, 2.75) is 32.7 Å². The van der Waals surface area contributed by atoms with Gasteiger partial charge >= 0.3 is 0 Å². The Balaban J connectivity index is 0.000000461. The van der Waals surface area contributed by atoms with E-state index < -0.39 is 0 Å². The maximum atomic E-state index is 10.6. The number of amides is 1. The lowest BCUT2D eigenvalue weighted by atomic mass is 10.2. The van der Waals surface area contributed by atoms with Gasteiger partial charge in [0.1, 0.15) is 0 Å². The highest BCUT2D eigenvalue weighted by Gasteiger charge is 2.26. The zero-order chi connectivity index (χ0) is 8.85. The molecule has 1 fully saturated rings. The van der Waals surface area contributed by atoms with Gasteiger partial charge in [0.25, 0.3) is 0 Å². The molecule has 1 atom stereocenters. The van der Waals surface area contributed by atoms with Gasteiger partial charge in [0.05, 0.1) is 6.04 Å². The molecule has 4 heteroatoms. The topological polar surface area (TPSA) is 46.3 Å². The molecule has 0 aromatic rings. The van der Waals surface area contributed by atoms with Crippen LogP contribution < -0.4 is 5.73 Å². The molecule has 1 amide bonds. The minimum Gasteiger partial charge on any atom is -0.368 e. The first-order chi connectivity index (χ1) is 5.22. The van der Waals surface area contributed by atoms with Gasteiger partial charge < -0.3 is 5.73 Å². The number of nitrogens with two attached hydrogens (primary N) is 1. The average molecular weight is 270 g/mol. The number of nitrogens with zero attached hydrogens (tertiary/aromatic N) is 1. The lowest BCUT2D eigenvalue weighted by molar-refractivity contribution is -0.120. The number of carbonyl (C=O) groups is 1. The Bertz CT molecular complexity index is 130. The van der Waals surface area contributed by atoms with Crippen LogP contribution in [0.2, 0.25) is 0 Å². The molecule has 0 aliphatic carbocycles. The predicted octanol–water partition coefficient (Wildman–Crippen LogP) is 1.31. The van der Waals surface area contributed by atoms with E-state index >= 15 is 0 Å². The van der Waals surface area contributed by atoms with Gasteiger partial charge in [-0.25, -0.2) is 3.11 Å². The van der Waals surface area contributed by atoms with Gasteiger partial charge in [-0.15, -0.1) is 0 Å². The Morgan fingerprint density at radius 1 is 1.64 bits per heavy atom. The van der Waals surface area contributed by atoms with Crippen LogP contribution in [0.3, 0.4) is 0 Å². The fourth-order valence-electron chi connectivity index (χ4n) is 1.01. The molecular weight excluding hydrogens is 255 g/mol. The van der Waals surface area contributed by atoms with E-state index in [-0.39, 0.29) is 11.9 Å². The third-order valence-corrected chi connectivity index (χ3v) is 2.67. The number of hydrogen-bond acceptors (Lipinski definition) is 2. The maximum absolute atomic E-state index is 10.6. The van der Waals surface area contributed by atoms with Crippen molar-refractivity contribution in [3.05, 3.63) is 0 Å². The second-order valence-electron chi connectivity index (χ2n) is 2.18. The van der Waals surface area contributed by atoms with E-state index in [1.54, 1.807) is 0 Å². The Kier molecular flexibility index (Phi) is 5.85. The second-order valence-corrected chi connectivity index (χ2v) is 3.42. The first-order valence-electron chi connectivity index (χ1n) is 3.93. The zero-order valence-corrected chi connectivity index (χ0v) is 9.17. The van der Waals surface area contributed by atoms with E-state index in [0.717, 1.165) is 19.4 Å². The first kappa shape index (κ1) is 11.2. The molecule has 1 heterocycles. The summed E-state index contributed by atoms with van der Waals surface area (Å²) < 4.78 is 1.97. The highest BCUT2D eigenvalue weighted by atomic mass is 127. The summed E-state index contributed by atoms with van der Waals surface area (Å²) in [5.74, 6) is -0.193. The Labute approximate surface area is 81.8 Å². The molecule has 0 saturated carbocycles. The van der Waals surface area contributed by atoms with Crippen molar-refractivity contribution in [1.29, 1.82) is 0 Å². The quantitative estimate of drug-likeness (QED) is 0.577. The molecule has 1 unspecified atom stereocenters. The SMILES string of the molecule is CC.NC(=O)C1CCCN1I. The molecule has 11 heavy (non-hydrogen) atoms. The Morgan fingerprint density at radius 3 is 2.36 bits per heavy atom. The highest BCUT2D eigenvalue weighted by Crippen LogP contribution is 2.20. The van der Waals surface area contributed by atoms with Crippen molar-refractivity contribution in [1.82, 2.24) is 3.11 Å². The Hall–Kier alpha value is 0.160. The van der Waals surface area contributed by atoms with E-state index in [9.17, 15) is 4.79 Å². The molecule has 0 radical (unpaired) electrons. The third kappa shape index (κ3) is 3.37. The summed E-state index contributed by atoms with van der Waals surface area (Å²) in [7, 11) is 0. The van der Waals surface area contributed by atoms with Gasteiger partial charge in [-0.3, -0.25) is 4.79 Å².